The number of carbonyl (C=O) groups is 2. The number of piperazine rings is 1. The van der Waals surface area contributed by atoms with E-state index in [2.05, 4.69) is 43.0 Å². The molecule has 2 aliphatic carbocycles. The summed E-state index contributed by atoms with van der Waals surface area (Å²) < 4.78 is 199. The Bertz CT molecular complexity index is 3380. The number of nitrogens with one attached hydrogen (secondary N) is 3. The molecular formula is C46H45ClF10N10O6S2. The van der Waals surface area contributed by atoms with Crippen molar-refractivity contribution in [1.29, 1.82) is 0 Å². The Balaban J connectivity index is 1.32. The summed E-state index contributed by atoms with van der Waals surface area (Å²) in [6, 6.07) is 3.64. The number of rotatable bonds is 14. The SMILES string of the molecule is CC(C)(C#Cc1ccc(-c2ccc(Cl)c3c(N(C(=O)NCCN4CCNCC4)S(C)(=O)=O)nn(CC(F)(F)F)c23)c([C@H](Cc2cc(F)cc(F)c2)NC(=O)Cn2nc(C(F)(F)F)c3c2C(F)(F)[C@@H]2CC32)n1)S(C)(=O)=O. The number of urea groups is 1. The fourth-order valence-corrected chi connectivity index (χ4v) is 10.4. The van der Waals surface area contributed by atoms with Crippen LogP contribution in [-0.2, 0) is 56.3 Å². The number of aromatic nitrogens is 5. The van der Waals surface area contributed by atoms with Gasteiger partial charge in [-0.05, 0) is 74.4 Å². The first-order valence-electron chi connectivity index (χ1n) is 22.8. The molecule has 3 amide bonds. The molecule has 404 valence electrons. The number of halogens is 11. The van der Waals surface area contributed by atoms with Gasteiger partial charge in [-0.3, -0.25) is 19.1 Å². The number of carbonyl (C=O) groups excluding carboxylic acids is 2. The molecule has 0 spiro atoms. The maximum Gasteiger partial charge on any atom is 0.435 e. The molecule has 3 atom stereocenters. The first-order valence-corrected chi connectivity index (χ1v) is 26.9. The molecule has 2 fully saturated rings. The molecule has 3 N–H and O–H groups in total. The van der Waals surface area contributed by atoms with E-state index in [0.29, 0.717) is 43.2 Å². The zero-order valence-electron chi connectivity index (χ0n) is 39.9. The van der Waals surface area contributed by atoms with E-state index < -0.39 is 148 Å². The van der Waals surface area contributed by atoms with Crippen LogP contribution in [0.4, 0.5) is 54.5 Å². The largest absolute Gasteiger partial charge is 0.435 e. The molecule has 0 bridgehead atoms. The molecule has 2 aromatic carbocycles. The molecular weight excluding hydrogens is 1080 g/mol. The predicted octanol–water partition coefficient (Wildman–Crippen LogP) is 6.67. The summed E-state index contributed by atoms with van der Waals surface area (Å²) in [5.74, 6) is -5.85. The summed E-state index contributed by atoms with van der Waals surface area (Å²) in [7, 11) is -8.66. The lowest BCUT2D eigenvalue weighted by atomic mass is 9.93. The van der Waals surface area contributed by atoms with Crippen molar-refractivity contribution in [1.82, 2.24) is 45.4 Å². The van der Waals surface area contributed by atoms with Crippen LogP contribution in [0.15, 0.2) is 42.5 Å². The van der Waals surface area contributed by atoms with Gasteiger partial charge >= 0.3 is 18.4 Å². The van der Waals surface area contributed by atoms with Crippen molar-refractivity contribution in [3.8, 4) is 23.0 Å². The molecule has 3 aliphatic rings. The van der Waals surface area contributed by atoms with Crippen molar-refractivity contribution in [2.75, 3.05) is 56.1 Å². The molecule has 1 saturated heterocycles. The van der Waals surface area contributed by atoms with Crippen molar-refractivity contribution in [2.24, 2.45) is 5.92 Å². The van der Waals surface area contributed by atoms with Gasteiger partial charge in [0.1, 0.15) is 40.9 Å². The van der Waals surface area contributed by atoms with Crippen LogP contribution in [-0.4, -0.2) is 121 Å². The van der Waals surface area contributed by atoms with Gasteiger partial charge in [0.15, 0.2) is 21.3 Å². The van der Waals surface area contributed by atoms with Gasteiger partial charge in [0.05, 0.1) is 33.9 Å². The lowest BCUT2D eigenvalue weighted by molar-refractivity contribution is -0.143. The topological polar surface area (TPSA) is 194 Å². The van der Waals surface area contributed by atoms with Crippen LogP contribution in [0.25, 0.3) is 22.0 Å². The van der Waals surface area contributed by atoms with Crippen molar-refractivity contribution in [3.05, 3.63) is 93.0 Å². The van der Waals surface area contributed by atoms with Gasteiger partial charge in [0.2, 0.25) is 15.9 Å². The second kappa shape index (κ2) is 19.8. The minimum Gasteiger partial charge on any atom is -0.346 e. The normalized spacial score (nSPS) is 18.2. The Hall–Kier alpha value is -6.02. The smallest absolute Gasteiger partial charge is 0.346 e. The van der Waals surface area contributed by atoms with E-state index in [4.69, 9.17) is 11.6 Å². The van der Waals surface area contributed by atoms with E-state index in [1.165, 1.54) is 26.0 Å². The van der Waals surface area contributed by atoms with Crippen LogP contribution in [0.5, 0.6) is 0 Å². The van der Waals surface area contributed by atoms with E-state index in [0.717, 1.165) is 30.5 Å². The van der Waals surface area contributed by atoms with Crippen LogP contribution in [0.3, 0.4) is 0 Å². The van der Waals surface area contributed by atoms with Crippen molar-refractivity contribution in [3.63, 3.8) is 0 Å². The van der Waals surface area contributed by atoms with Gasteiger partial charge in [-0.2, -0.15) is 49.6 Å². The highest BCUT2D eigenvalue weighted by atomic mass is 35.5. The van der Waals surface area contributed by atoms with Gasteiger partial charge in [-0.15, -0.1) is 0 Å². The molecule has 3 aromatic heterocycles. The monoisotopic (exact) mass is 1120 g/mol. The van der Waals surface area contributed by atoms with Crippen molar-refractivity contribution in [2.45, 2.75) is 74.8 Å². The summed E-state index contributed by atoms with van der Waals surface area (Å²) in [5.41, 5.74) is -5.70. The lowest BCUT2D eigenvalue weighted by Gasteiger charge is -2.27. The number of sulfonamides is 1. The third kappa shape index (κ3) is 11.6. The van der Waals surface area contributed by atoms with Crippen LogP contribution < -0.4 is 20.3 Å². The second-order valence-electron chi connectivity index (χ2n) is 18.9. The number of anilines is 1. The zero-order valence-corrected chi connectivity index (χ0v) is 42.3. The minimum atomic E-state index is -5.22. The number of pyridine rings is 1. The molecule has 5 aromatic rings. The standard InChI is InChI=1S/C46H45ClF10N10O6S2/c1-43(2,74(3,70)71)10-9-27-5-6-28(29-7-8-32(47)36-38(29)66(23-44(50,51)52)63-41(36)67(75(4,72)73)42(69)59-13-16-64-14-11-58-12-15-64)37(60-27)33(19-24-17-25(48)20-26(49)18-24)61-34(68)22-65-40-35(39(62-65)46(55,56)57)30-21-31(30)45(40,53)54/h5-8,17-18,20,30-31,33,58H,11-16,19,21-23H2,1-4H3,(H,59,69)(H,61,68)/t30?,31-,33+/m1/s1. The minimum absolute atomic E-state index is 0.116. The molecule has 1 saturated carbocycles. The molecule has 4 heterocycles. The number of alkyl halides is 8. The quantitative estimate of drug-likeness (QED) is 0.0795. The van der Waals surface area contributed by atoms with Crippen LogP contribution in [0, 0.1) is 29.4 Å². The summed E-state index contributed by atoms with van der Waals surface area (Å²) in [6.07, 6.45) is -9.80. The van der Waals surface area contributed by atoms with E-state index in [9.17, 15) is 61.5 Å². The third-order valence-corrected chi connectivity index (χ3v) is 16.2. The van der Waals surface area contributed by atoms with Crippen LogP contribution in [0.1, 0.15) is 66.1 Å². The number of hydrogen-bond acceptors (Lipinski definition) is 11. The van der Waals surface area contributed by atoms with E-state index >= 15 is 8.78 Å². The van der Waals surface area contributed by atoms with Crippen molar-refractivity contribution >= 4 is 60.1 Å². The number of benzene rings is 2. The van der Waals surface area contributed by atoms with Crippen molar-refractivity contribution < 1.29 is 70.3 Å². The number of nitrogens with zero attached hydrogens (tertiary/aromatic N) is 7. The van der Waals surface area contributed by atoms with E-state index in [1.807, 2.05) is 4.90 Å². The predicted molar refractivity (Wildman–Crippen MR) is 253 cm³/mol. The summed E-state index contributed by atoms with van der Waals surface area (Å²) in [6.45, 7) is 1.87. The maximum absolute atomic E-state index is 15.6. The fraction of sp³-hybridized carbons (Fsp3) is 0.457. The highest BCUT2D eigenvalue weighted by molar-refractivity contribution is 7.93. The Morgan fingerprint density at radius 1 is 0.947 bits per heavy atom. The molecule has 29 heteroatoms. The molecule has 1 aliphatic heterocycles. The fourth-order valence-electron chi connectivity index (χ4n) is 9.13. The summed E-state index contributed by atoms with van der Waals surface area (Å²) in [5, 5.41) is 14.5. The number of hydrogen-bond donors (Lipinski definition) is 3. The summed E-state index contributed by atoms with van der Waals surface area (Å²) >= 11 is 6.70. The molecule has 0 radical (unpaired) electrons. The first kappa shape index (κ1) is 55.2. The van der Waals surface area contributed by atoms with Gasteiger partial charge in [0.25, 0.3) is 5.92 Å². The molecule has 1 unspecified atom stereocenters. The number of sulfone groups is 1. The molecule has 8 rings (SSSR count). The van der Waals surface area contributed by atoms with Gasteiger partial charge in [0, 0.05) is 74.2 Å². The lowest BCUT2D eigenvalue weighted by Crippen LogP contribution is -2.49. The second-order valence-corrected chi connectivity index (χ2v) is 23.7. The average Bonchev–Trinajstić information content (AvgIpc) is 3.80. The highest BCUT2D eigenvalue weighted by Crippen LogP contribution is 2.68. The Kier molecular flexibility index (Phi) is 14.6. The number of amides is 3. The van der Waals surface area contributed by atoms with Gasteiger partial charge in [-0.25, -0.2) is 35.4 Å². The maximum atomic E-state index is 15.6. The summed E-state index contributed by atoms with van der Waals surface area (Å²) in [4.78, 5) is 34.6. The Labute approximate surface area is 427 Å². The molecule has 75 heavy (non-hydrogen) atoms. The highest BCUT2D eigenvalue weighted by Gasteiger charge is 2.68. The Morgan fingerprint density at radius 3 is 2.21 bits per heavy atom. The first-order chi connectivity index (χ1) is 34.7. The zero-order chi connectivity index (χ0) is 55.0. The average molecular weight is 1120 g/mol. The van der Waals surface area contributed by atoms with Crippen LogP contribution >= 0.6 is 11.6 Å². The van der Waals surface area contributed by atoms with Crippen LogP contribution in [0.2, 0.25) is 5.02 Å². The van der Waals surface area contributed by atoms with E-state index in [1.54, 1.807) is 0 Å². The number of fused-ring (bicyclic) bond motifs is 4. The van der Waals surface area contributed by atoms with E-state index in [-0.39, 0.29) is 50.9 Å². The third-order valence-electron chi connectivity index (χ3n) is 12.9. The van der Waals surface area contributed by atoms with Gasteiger partial charge in [-0.1, -0.05) is 23.6 Å². The van der Waals surface area contributed by atoms with Gasteiger partial charge < -0.3 is 16.0 Å². The molecule has 16 nitrogen and oxygen atoms in total. The Morgan fingerprint density at radius 2 is 1.60 bits per heavy atom.